The molecule has 0 saturated heterocycles. The summed E-state index contributed by atoms with van der Waals surface area (Å²) in [5.41, 5.74) is 0.552. The SMILES string of the molecule is O=C(NCC1CCCC1CO)c1cccnc1Br. The molecule has 2 atom stereocenters. The number of hydrogen-bond donors (Lipinski definition) is 2. The zero-order valence-electron chi connectivity index (χ0n) is 10.1. The number of nitrogens with zero attached hydrogens (tertiary/aromatic N) is 1. The molecular weight excluding hydrogens is 296 g/mol. The first kappa shape index (κ1) is 13.5. The van der Waals surface area contributed by atoms with E-state index in [1.165, 1.54) is 0 Å². The predicted molar refractivity (Wildman–Crippen MR) is 72.2 cm³/mol. The average Bonchev–Trinajstić information content (AvgIpc) is 2.84. The van der Waals surface area contributed by atoms with Crippen LogP contribution in [-0.4, -0.2) is 29.1 Å². The number of aliphatic hydroxyl groups is 1. The lowest BCUT2D eigenvalue weighted by molar-refractivity contribution is 0.0936. The van der Waals surface area contributed by atoms with E-state index in [-0.39, 0.29) is 12.5 Å². The zero-order chi connectivity index (χ0) is 13.0. The van der Waals surface area contributed by atoms with Gasteiger partial charge in [-0.1, -0.05) is 6.42 Å². The van der Waals surface area contributed by atoms with Crippen molar-refractivity contribution < 1.29 is 9.90 Å². The fourth-order valence-corrected chi connectivity index (χ4v) is 2.93. The minimum absolute atomic E-state index is 0.112. The van der Waals surface area contributed by atoms with Gasteiger partial charge in [-0.25, -0.2) is 4.98 Å². The van der Waals surface area contributed by atoms with Gasteiger partial charge < -0.3 is 10.4 Å². The van der Waals surface area contributed by atoms with Crippen LogP contribution in [-0.2, 0) is 0 Å². The van der Waals surface area contributed by atoms with Crippen LogP contribution in [0.4, 0.5) is 0 Å². The molecule has 0 radical (unpaired) electrons. The first-order valence-corrected chi connectivity index (χ1v) is 7.01. The maximum Gasteiger partial charge on any atom is 0.254 e. The summed E-state index contributed by atoms with van der Waals surface area (Å²) in [6.45, 7) is 0.850. The molecule has 1 saturated carbocycles. The Morgan fingerprint density at radius 1 is 1.50 bits per heavy atom. The van der Waals surface area contributed by atoms with Crippen LogP contribution >= 0.6 is 15.9 Å². The van der Waals surface area contributed by atoms with E-state index in [4.69, 9.17) is 0 Å². The van der Waals surface area contributed by atoms with Gasteiger partial charge in [0.15, 0.2) is 0 Å². The zero-order valence-corrected chi connectivity index (χ0v) is 11.7. The fraction of sp³-hybridized carbons (Fsp3) is 0.538. The molecule has 2 rings (SSSR count). The number of pyridine rings is 1. The predicted octanol–water partition coefficient (Wildman–Crippen LogP) is 1.98. The van der Waals surface area contributed by atoms with E-state index in [1.807, 2.05) is 0 Å². The quantitative estimate of drug-likeness (QED) is 0.836. The van der Waals surface area contributed by atoms with Gasteiger partial charge in [0.05, 0.1) is 5.56 Å². The van der Waals surface area contributed by atoms with Crippen LogP contribution in [0.2, 0.25) is 0 Å². The normalized spacial score (nSPS) is 23.0. The maximum atomic E-state index is 12.0. The Morgan fingerprint density at radius 2 is 2.28 bits per heavy atom. The molecule has 1 aliphatic rings. The van der Waals surface area contributed by atoms with Gasteiger partial charge in [0.1, 0.15) is 4.60 Å². The number of nitrogens with one attached hydrogen (secondary N) is 1. The number of carbonyl (C=O) groups is 1. The highest BCUT2D eigenvalue weighted by Gasteiger charge is 2.26. The molecule has 1 aromatic heterocycles. The minimum atomic E-state index is -0.112. The van der Waals surface area contributed by atoms with Crippen molar-refractivity contribution in [3.63, 3.8) is 0 Å². The second kappa shape index (κ2) is 6.29. The third kappa shape index (κ3) is 3.09. The molecule has 0 spiro atoms. The van der Waals surface area contributed by atoms with E-state index in [1.54, 1.807) is 18.3 Å². The number of carbonyl (C=O) groups excluding carboxylic acids is 1. The molecule has 1 aliphatic carbocycles. The third-order valence-electron chi connectivity index (χ3n) is 3.58. The molecular formula is C13H17BrN2O2. The Hall–Kier alpha value is -0.940. The van der Waals surface area contributed by atoms with Crippen molar-refractivity contribution in [3.8, 4) is 0 Å². The maximum absolute atomic E-state index is 12.0. The molecule has 1 amide bonds. The van der Waals surface area contributed by atoms with Crippen molar-refractivity contribution in [1.82, 2.24) is 10.3 Å². The molecule has 1 aromatic rings. The number of hydrogen-bond acceptors (Lipinski definition) is 3. The summed E-state index contributed by atoms with van der Waals surface area (Å²) >= 11 is 3.26. The molecule has 0 bridgehead atoms. The van der Waals surface area contributed by atoms with E-state index in [0.717, 1.165) is 19.3 Å². The third-order valence-corrected chi connectivity index (χ3v) is 4.21. The van der Waals surface area contributed by atoms with Gasteiger partial charge in [-0.05, 0) is 52.7 Å². The minimum Gasteiger partial charge on any atom is -0.396 e. The fourth-order valence-electron chi connectivity index (χ4n) is 2.50. The number of aromatic nitrogens is 1. The summed E-state index contributed by atoms with van der Waals surface area (Å²) in [7, 11) is 0. The van der Waals surface area contributed by atoms with E-state index in [0.29, 0.717) is 28.5 Å². The van der Waals surface area contributed by atoms with Crippen molar-refractivity contribution in [3.05, 3.63) is 28.5 Å². The Labute approximate surface area is 115 Å². The Morgan fingerprint density at radius 3 is 3.00 bits per heavy atom. The van der Waals surface area contributed by atoms with Crippen molar-refractivity contribution in [2.24, 2.45) is 11.8 Å². The number of aliphatic hydroxyl groups excluding tert-OH is 1. The van der Waals surface area contributed by atoms with Crippen LogP contribution in [0.15, 0.2) is 22.9 Å². The average molecular weight is 313 g/mol. The van der Waals surface area contributed by atoms with Gasteiger partial charge in [-0.15, -0.1) is 0 Å². The van der Waals surface area contributed by atoms with Crippen molar-refractivity contribution in [2.75, 3.05) is 13.2 Å². The topological polar surface area (TPSA) is 62.2 Å². The van der Waals surface area contributed by atoms with E-state index >= 15 is 0 Å². The summed E-state index contributed by atoms with van der Waals surface area (Å²) in [6, 6.07) is 3.48. The molecule has 2 N–H and O–H groups in total. The lowest BCUT2D eigenvalue weighted by Crippen LogP contribution is -2.31. The Kier molecular flexibility index (Phi) is 4.72. The second-order valence-corrected chi connectivity index (χ2v) is 5.44. The van der Waals surface area contributed by atoms with E-state index in [9.17, 15) is 9.90 Å². The van der Waals surface area contributed by atoms with Crippen molar-refractivity contribution >= 4 is 21.8 Å². The molecule has 98 valence electrons. The van der Waals surface area contributed by atoms with Crippen LogP contribution < -0.4 is 5.32 Å². The van der Waals surface area contributed by atoms with Gasteiger partial charge >= 0.3 is 0 Å². The largest absolute Gasteiger partial charge is 0.396 e. The summed E-state index contributed by atoms with van der Waals surface area (Å²) in [6.07, 6.45) is 4.93. The van der Waals surface area contributed by atoms with Crippen LogP contribution in [0.1, 0.15) is 29.6 Å². The molecule has 2 unspecified atom stereocenters. The second-order valence-electron chi connectivity index (χ2n) is 4.69. The summed E-state index contributed by atoms with van der Waals surface area (Å²) in [5, 5.41) is 12.2. The molecule has 0 aromatic carbocycles. The van der Waals surface area contributed by atoms with Crippen LogP contribution in [0.5, 0.6) is 0 Å². The summed E-state index contributed by atoms with van der Waals surface area (Å²) in [5.74, 6) is 0.621. The van der Waals surface area contributed by atoms with Gasteiger partial charge in [0, 0.05) is 19.3 Å². The van der Waals surface area contributed by atoms with Gasteiger partial charge in [0.25, 0.3) is 5.91 Å². The summed E-state index contributed by atoms with van der Waals surface area (Å²) in [4.78, 5) is 16.0. The number of rotatable bonds is 4. The molecule has 4 nitrogen and oxygen atoms in total. The molecule has 1 fully saturated rings. The van der Waals surface area contributed by atoms with Crippen molar-refractivity contribution in [1.29, 1.82) is 0 Å². The van der Waals surface area contributed by atoms with Gasteiger partial charge in [0.2, 0.25) is 0 Å². The Balaban J connectivity index is 1.91. The van der Waals surface area contributed by atoms with Crippen LogP contribution in [0, 0.1) is 11.8 Å². The highest BCUT2D eigenvalue weighted by molar-refractivity contribution is 9.10. The Bertz CT molecular complexity index is 425. The van der Waals surface area contributed by atoms with Crippen LogP contribution in [0.25, 0.3) is 0 Å². The van der Waals surface area contributed by atoms with Crippen LogP contribution in [0.3, 0.4) is 0 Å². The first-order chi connectivity index (χ1) is 8.72. The standard InChI is InChI=1S/C13H17BrN2O2/c14-12-11(5-2-6-15-12)13(18)16-7-9-3-1-4-10(9)8-17/h2,5-6,9-10,17H,1,3-4,7-8H2,(H,16,18). The molecule has 5 heteroatoms. The highest BCUT2D eigenvalue weighted by Crippen LogP contribution is 2.30. The first-order valence-electron chi connectivity index (χ1n) is 6.22. The van der Waals surface area contributed by atoms with Gasteiger partial charge in [-0.2, -0.15) is 0 Å². The highest BCUT2D eigenvalue weighted by atomic mass is 79.9. The van der Waals surface area contributed by atoms with E-state index < -0.39 is 0 Å². The lowest BCUT2D eigenvalue weighted by atomic mass is 9.97. The number of amides is 1. The summed E-state index contributed by atoms with van der Waals surface area (Å²) < 4.78 is 0.563. The lowest BCUT2D eigenvalue weighted by Gasteiger charge is -2.17. The molecule has 1 heterocycles. The smallest absolute Gasteiger partial charge is 0.254 e. The monoisotopic (exact) mass is 312 g/mol. The van der Waals surface area contributed by atoms with Gasteiger partial charge in [-0.3, -0.25) is 4.79 Å². The number of halogens is 1. The molecule has 18 heavy (non-hydrogen) atoms. The van der Waals surface area contributed by atoms with Crippen molar-refractivity contribution in [2.45, 2.75) is 19.3 Å². The molecule has 0 aliphatic heterocycles. The van der Waals surface area contributed by atoms with E-state index in [2.05, 4.69) is 26.2 Å².